The summed E-state index contributed by atoms with van der Waals surface area (Å²) in [6.07, 6.45) is 8.01. The Kier molecular flexibility index (Phi) is 5.53. The van der Waals surface area contributed by atoms with E-state index in [-0.39, 0.29) is 28.9 Å². The molecular weight excluding hydrogens is 354 g/mol. The Hall–Kier alpha value is -1.67. The fraction of sp³-hybridized carbons (Fsp3) is 0.667. The molecule has 1 saturated carbocycles. The van der Waals surface area contributed by atoms with Crippen LogP contribution < -0.4 is 5.56 Å². The van der Waals surface area contributed by atoms with Crippen LogP contribution in [-0.4, -0.2) is 54.8 Å². The van der Waals surface area contributed by atoms with Gasteiger partial charge in [0, 0.05) is 38.9 Å². The van der Waals surface area contributed by atoms with Gasteiger partial charge in [-0.05, 0) is 37.7 Å². The Balaban J connectivity index is 1.82. The van der Waals surface area contributed by atoms with Gasteiger partial charge in [0.2, 0.25) is 15.9 Å². The molecule has 144 valence electrons. The molecule has 1 aromatic heterocycles. The first-order chi connectivity index (χ1) is 12.3. The van der Waals surface area contributed by atoms with Crippen LogP contribution in [0.3, 0.4) is 0 Å². The molecule has 0 aromatic carbocycles. The Morgan fingerprint density at radius 1 is 1.15 bits per heavy atom. The predicted octanol–water partition coefficient (Wildman–Crippen LogP) is 1.28. The van der Waals surface area contributed by atoms with Gasteiger partial charge in [0.25, 0.3) is 5.56 Å². The van der Waals surface area contributed by atoms with E-state index in [9.17, 15) is 18.0 Å². The predicted molar refractivity (Wildman–Crippen MR) is 98.3 cm³/mol. The van der Waals surface area contributed by atoms with Gasteiger partial charge in [-0.3, -0.25) is 9.59 Å². The number of nitrogens with zero attached hydrogens (tertiary/aromatic N) is 3. The van der Waals surface area contributed by atoms with Crippen LogP contribution in [0.4, 0.5) is 0 Å². The Bertz CT molecular complexity index is 829. The number of likely N-dealkylation sites (tertiary alicyclic amines) is 1. The molecule has 0 spiro atoms. The first kappa shape index (κ1) is 19.1. The molecule has 0 unspecified atom stereocenters. The molecule has 0 N–H and O–H groups in total. The van der Waals surface area contributed by atoms with E-state index in [0.29, 0.717) is 5.92 Å². The third-order valence-electron chi connectivity index (χ3n) is 5.60. The van der Waals surface area contributed by atoms with Gasteiger partial charge >= 0.3 is 0 Å². The molecule has 1 amide bonds. The van der Waals surface area contributed by atoms with Crippen LogP contribution in [0.1, 0.15) is 38.5 Å². The first-order valence-corrected chi connectivity index (χ1v) is 10.7. The van der Waals surface area contributed by atoms with Gasteiger partial charge in [-0.25, -0.2) is 12.7 Å². The van der Waals surface area contributed by atoms with E-state index in [1.54, 1.807) is 0 Å². The lowest BCUT2D eigenvalue weighted by Gasteiger charge is -2.44. The summed E-state index contributed by atoms with van der Waals surface area (Å²) < 4.78 is 26.9. The van der Waals surface area contributed by atoms with E-state index in [1.165, 1.54) is 56.3 Å². The average Bonchev–Trinajstić information content (AvgIpc) is 2.62. The summed E-state index contributed by atoms with van der Waals surface area (Å²) in [5.41, 5.74) is -0.367. The maximum absolute atomic E-state index is 12.9. The SMILES string of the molecule is CN(C)S(=O)(=O)c1ccc(=O)n(CC(=O)N2CCC[C@H]3CCCC[C@@H]32)c1. The number of hydrogen-bond acceptors (Lipinski definition) is 4. The zero-order valence-electron chi connectivity index (χ0n) is 15.4. The topological polar surface area (TPSA) is 79.7 Å². The lowest BCUT2D eigenvalue weighted by Crippen LogP contribution is -2.51. The van der Waals surface area contributed by atoms with Gasteiger partial charge in [0.1, 0.15) is 6.54 Å². The van der Waals surface area contributed by atoms with E-state index in [2.05, 4.69) is 0 Å². The van der Waals surface area contributed by atoms with E-state index in [4.69, 9.17) is 0 Å². The molecule has 2 aliphatic rings. The molecule has 8 heteroatoms. The van der Waals surface area contributed by atoms with Crippen molar-refractivity contribution in [1.82, 2.24) is 13.8 Å². The number of amides is 1. The van der Waals surface area contributed by atoms with Crippen molar-refractivity contribution in [3.8, 4) is 0 Å². The van der Waals surface area contributed by atoms with Crippen molar-refractivity contribution in [2.75, 3.05) is 20.6 Å². The van der Waals surface area contributed by atoms with Crippen LogP contribution in [0, 0.1) is 5.92 Å². The first-order valence-electron chi connectivity index (χ1n) is 9.23. The lowest BCUT2D eigenvalue weighted by atomic mass is 9.78. The van der Waals surface area contributed by atoms with Crippen molar-refractivity contribution in [2.45, 2.75) is 56.0 Å². The third-order valence-corrected chi connectivity index (χ3v) is 7.40. The minimum absolute atomic E-state index is 0.0177. The van der Waals surface area contributed by atoms with Gasteiger partial charge in [-0.15, -0.1) is 0 Å². The van der Waals surface area contributed by atoms with Crippen LogP contribution in [-0.2, 0) is 21.4 Å². The smallest absolute Gasteiger partial charge is 0.251 e. The highest BCUT2D eigenvalue weighted by Crippen LogP contribution is 2.35. The summed E-state index contributed by atoms with van der Waals surface area (Å²) in [5.74, 6) is 0.474. The lowest BCUT2D eigenvalue weighted by molar-refractivity contribution is -0.138. The van der Waals surface area contributed by atoms with E-state index < -0.39 is 10.0 Å². The van der Waals surface area contributed by atoms with Crippen molar-refractivity contribution in [3.63, 3.8) is 0 Å². The van der Waals surface area contributed by atoms with Crippen molar-refractivity contribution >= 4 is 15.9 Å². The van der Waals surface area contributed by atoms with Gasteiger partial charge in [0.15, 0.2) is 0 Å². The molecule has 0 bridgehead atoms. The summed E-state index contributed by atoms with van der Waals surface area (Å²) in [7, 11) is -0.772. The second kappa shape index (κ2) is 7.52. The quantitative estimate of drug-likeness (QED) is 0.787. The number of piperidine rings is 1. The maximum atomic E-state index is 12.9. The van der Waals surface area contributed by atoms with Crippen molar-refractivity contribution in [2.24, 2.45) is 5.92 Å². The van der Waals surface area contributed by atoms with Crippen molar-refractivity contribution in [3.05, 3.63) is 28.7 Å². The summed E-state index contributed by atoms with van der Waals surface area (Å²) in [5, 5.41) is 0. The fourth-order valence-corrected chi connectivity index (χ4v) is 5.09. The molecule has 0 radical (unpaired) electrons. The van der Waals surface area contributed by atoms with Gasteiger partial charge in [-0.1, -0.05) is 12.8 Å². The molecular formula is C18H27N3O4S. The highest BCUT2D eigenvalue weighted by molar-refractivity contribution is 7.89. The van der Waals surface area contributed by atoms with Crippen LogP contribution in [0.2, 0.25) is 0 Å². The van der Waals surface area contributed by atoms with Crippen LogP contribution in [0.5, 0.6) is 0 Å². The molecule has 1 aliphatic carbocycles. The normalized spacial score (nSPS) is 23.7. The van der Waals surface area contributed by atoms with E-state index >= 15 is 0 Å². The molecule has 26 heavy (non-hydrogen) atoms. The minimum Gasteiger partial charge on any atom is -0.338 e. The van der Waals surface area contributed by atoms with Gasteiger partial charge in [-0.2, -0.15) is 0 Å². The number of rotatable bonds is 4. The standard InChI is InChI=1S/C18H27N3O4S/c1-19(2)26(24,25)15-9-10-17(22)20(12-15)13-18(23)21-11-5-7-14-6-3-4-8-16(14)21/h9-10,12,14,16H,3-8,11,13H2,1-2H3/t14-,16+/m1/s1. The number of pyridine rings is 1. The van der Waals surface area contributed by atoms with Crippen LogP contribution >= 0.6 is 0 Å². The largest absolute Gasteiger partial charge is 0.338 e. The monoisotopic (exact) mass is 381 g/mol. The van der Waals surface area contributed by atoms with E-state index in [0.717, 1.165) is 30.1 Å². The molecule has 7 nitrogen and oxygen atoms in total. The summed E-state index contributed by atoms with van der Waals surface area (Å²) >= 11 is 0. The maximum Gasteiger partial charge on any atom is 0.251 e. The van der Waals surface area contributed by atoms with Gasteiger partial charge in [0.05, 0.1) is 4.90 Å². The molecule has 2 atom stereocenters. The van der Waals surface area contributed by atoms with E-state index in [1.807, 2.05) is 4.90 Å². The number of fused-ring (bicyclic) bond motifs is 1. The number of hydrogen-bond donors (Lipinski definition) is 0. The number of carbonyl (C=O) groups excluding carboxylic acids is 1. The number of aromatic nitrogens is 1. The Labute approximate surface area is 154 Å². The Morgan fingerprint density at radius 3 is 2.58 bits per heavy atom. The highest BCUT2D eigenvalue weighted by Gasteiger charge is 2.35. The molecule has 2 fully saturated rings. The minimum atomic E-state index is -3.65. The second-order valence-electron chi connectivity index (χ2n) is 7.46. The highest BCUT2D eigenvalue weighted by atomic mass is 32.2. The summed E-state index contributed by atoms with van der Waals surface area (Å²) in [6, 6.07) is 2.77. The average molecular weight is 381 g/mol. The zero-order chi connectivity index (χ0) is 18.9. The fourth-order valence-electron chi connectivity index (χ4n) is 4.17. The molecule has 3 rings (SSSR count). The van der Waals surface area contributed by atoms with Crippen molar-refractivity contribution in [1.29, 1.82) is 0 Å². The number of carbonyl (C=O) groups is 1. The van der Waals surface area contributed by atoms with Crippen LogP contribution in [0.15, 0.2) is 28.0 Å². The molecule has 2 heterocycles. The summed E-state index contributed by atoms with van der Waals surface area (Å²) in [4.78, 5) is 27.0. The molecule has 1 aromatic rings. The molecule has 1 saturated heterocycles. The molecule has 1 aliphatic heterocycles. The second-order valence-corrected chi connectivity index (χ2v) is 9.61. The van der Waals surface area contributed by atoms with Crippen molar-refractivity contribution < 1.29 is 13.2 Å². The van der Waals surface area contributed by atoms with Gasteiger partial charge < -0.3 is 9.47 Å². The third kappa shape index (κ3) is 3.71. The number of sulfonamides is 1. The Morgan fingerprint density at radius 2 is 1.85 bits per heavy atom. The summed E-state index contributed by atoms with van der Waals surface area (Å²) in [6.45, 7) is 0.614. The zero-order valence-corrected chi connectivity index (χ0v) is 16.2. The van der Waals surface area contributed by atoms with Crippen LogP contribution in [0.25, 0.3) is 0 Å².